The van der Waals surface area contributed by atoms with Gasteiger partial charge in [0.2, 0.25) is 0 Å². The summed E-state index contributed by atoms with van der Waals surface area (Å²) < 4.78 is 40.6. The molecule has 1 aromatic heterocycles. The van der Waals surface area contributed by atoms with Crippen molar-refractivity contribution in [3.63, 3.8) is 0 Å². The molecule has 0 fully saturated rings. The Hall–Kier alpha value is -3.29. The Morgan fingerprint density at radius 3 is 2.61 bits per heavy atom. The van der Waals surface area contributed by atoms with Crippen LogP contribution < -0.4 is 4.52 Å². The molecule has 1 aromatic carbocycles. The Labute approximate surface area is 210 Å². The van der Waals surface area contributed by atoms with E-state index in [1.807, 2.05) is 6.92 Å². The van der Waals surface area contributed by atoms with E-state index in [0.717, 1.165) is 0 Å². The molecule has 9 nitrogen and oxygen atoms in total. The Morgan fingerprint density at radius 1 is 1.28 bits per heavy atom. The van der Waals surface area contributed by atoms with Gasteiger partial charge in [0.05, 0.1) is 26.1 Å². The standard InChI is InChI=1S/C26H31O9P/c1-6-32-25(28)18(4)34-36(30,35-19-10-8-7-9-11-19)15-16(2)12-13-20-23(27)22-21(14-33-26(22)29)17(3)24(20)31-5/h7-12,14,17-18,29H,6,13,15H2,1-5H3. The first kappa shape index (κ1) is 27.3. The summed E-state index contributed by atoms with van der Waals surface area (Å²) in [5, 5.41) is 10.0. The van der Waals surface area contributed by atoms with Crippen molar-refractivity contribution in [1.82, 2.24) is 0 Å². The number of hydrogen-bond donors (Lipinski definition) is 1. The maximum Gasteiger partial charge on any atom is 0.384 e. The van der Waals surface area contributed by atoms with Gasteiger partial charge in [-0.15, -0.1) is 0 Å². The van der Waals surface area contributed by atoms with Crippen molar-refractivity contribution in [3.8, 4) is 11.7 Å². The van der Waals surface area contributed by atoms with Gasteiger partial charge in [-0.25, -0.2) is 9.36 Å². The highest BCUT2D eigenvalue weighted by atomic mass is 31.2. The molecule has 1 N–H and O–H groups in total. The van der Waals surface area contributed by atoms with Crippen molar-refractivity contribution < 1.29 is 42.2 Å². The van der Waals surface area contributed by atoms with E-state index >= 15 is 0 Å². The van der Waals surface area contributed by atoms with Gasteiger partial charge in [0.15, 0.2) is 11.9 Å². The van der Waals surface area contributed by atoms with Crippen molar-refractivity contribution in [3.05, 3.63) is 70.7 Å². The van der Waals surface area contributed by atoms with Crippen LogP contribution in [0.15, 0.2) is 64.0 Å². The summed E-state index contributed by atoms with van der Waals surface area (Å²) in [6, 6.07) is 8.52. The van der Waals surface area contributed by atoms with Crippen LogP contribution in [0.25, 0.3) is 0 Å². The van der Waals surface area contributed by atoms with Crippen molar-refractivity contribution in [2.45, 2.75) is 46.1 Å². The Kier molecular flexibility index (Phi) is 8.82. The molecule has 3 rings (SSSR count). The Morgan fingerprint density at radius 2 is 1.97 bits per heavy atom. The van der Waals surface area contributed by atoms with Gasteiger partial charge in [-0.3, -0.25) is 9.32 Å². The average Bonchev–Trinajstić information content (AvgIpc) is 3.22. The minimum Gasteiger partial charge on any atom is -0.500 e. The number of esters is 1. The highest BCUT2D eigenvalue weighted by molar-refractivity contribution is 7.54. The largest absolute Gasteiger partial charge is 0.500 e. The number of hydrogen-bond acceptors (Lipinski definition) is 9. The van der Waals surface area contributed by atoms with Gasteiger partial charge in [-0.05, 0) is 39.3 Å². The van der Waals surface area contributed by atoms with Gasteiger partial charge in [0, 0.05) is 17.1 Å². The number of rotatable bonds is 11. The summed E-state index contributed by atoms with van der Waals surface area (Å²) in [6.45, 7) is 6.85. The maximum absolute atomic E-state index is 13.7. The number of furan rings is 1. The zero-order chi connectivity index (χ0) is 26.5. The van der Waals surface area contributed by atoms with E-state index < -0.39 is 31.4 Å². The zero-order valence-corrected chi connectivity index (χ0v) is 21.9. The molecule has 194 valence electrons. The normalized spacial score (nSPS) is 18.3. The average molecular weight is 518 g/mol. The lowest BCUT2D eigenvalue weighted by Crippen LogP contribution is -2.24. The second-order valence-corrected chi connectivity index (χ2v) is 10.3. The number of ketones is 1. The molecule has 1 aliphatic carbocycles. The molecule has 3 unspecified atom stereocenters. The van der Waals surface area contributed by atoms with Crippen LogP contribution in [0, 0.1) is 0 Å². The van der Waals surface area contributed by atoms with Crippen LogP contribution in [0.4, 0.5) is 0 Å². The number of carbonyl (C=O) groups excluding carboxylic acids is 2. The first-order valence-corrected chi connectivity index (χ1v) is 13.3. The van der Waals surface area contributed by atoms with Gasteiger partial charge in [0.1, 0.15) is 17.1 Å². The predicted octanol–water partition coefficient (Wildman–Crippen LogP) is 5.76. The number of Topliss-reactive ketones (excluding diaryl/α,β-unsaturated/α-hetero) is 1. The second kappa shape index (κ2) is 11.6. The SMILES string of the molecule is CCOC(=O)C(C)OP(=O)(CC(C)=CCC1=C(OC)C(C)c2coc(O)c2C1=O)Oc1ccccc1. The summed E-state index contributed by atoms with van der Waals surface area (Å²) in [4.78, 5) is 25.2. The fourth-order valence-electron chi connectivity index (χ4n) is 3.99. The highest BCUT2D eigenvalue weighted by Crippen LogP contribution is 2.51. The van der Waals surface area contributed by atoms with E-state index in [-0.39, 0.29) is 30.7 Å². The van der Waals surface area contributed by atoms with Gasteiger partial charge < -0.3 is 23.5 Å². The smallest absolute Gasteiger partial charge is 0.384 e. The summed E-state index contributed by atoms with van der Waals surface area (Å²) in [5.41, 5.74) is 1.64. The third kappa shape index (κ3) is 6.09. The second-order valence-electron chi connectivity index (χ2n) is 8.40. The number of para-hydroxylation sites is 1. The van der Waals surface area contributed by atoms with Crippen LogP contribution in [-0.4, -0.2) is 42.8 Å². The lowest BCUT2D eigenvalue weighted by atomic mass is 9.83. The predicted molar refractivity (Wildman–Crippen MR) is 132 cm³/mol. The monoisotopic (exact) mass is 518 g/mol. The maximum atomic E-state index is 13.7. The summed E-state index contributed by atoms with van der Waals surface area (Å²) >= 11 is 0. The van der Waals surface area contributed by atoms with E-state index in [0.29, 0.717) is 28.2 Å². The molecule has 10 heteroatoms. The molecule has 0 saturated carbocycles. The molecule has 36 heavy (non-hydrogen) atoms. The Balaban J connectivity index is 1.84. The highest BCUT2D eigenvalue weighted by Gasteiger charge is 2.37. The van der Waals surface area contributed by atoms with Gasteiger partial charge >= 0.3 is 13.6 Å². The summed E-state index contributed by atoms with van der Waals surface area (Å²) in [7, 11) is -2.38. The number of aromatic hydroxyl groups is 1. The van der Waals surface area contributed by atoms with Crippen molar-refractivity contribution in [2.24, 2.45) is 0 Å². The zero-order valence-electron chi connectivity index (χ0n) is 21.0. The van der Waals surface area contributed by atoms with Gasteiger partial charge in [-0.1, -0.05) is 36.8 Å². The van der Waals surface area contributed by atoms with Gasteiger partial charge in [-0.2, -0.15) is 0 Å². The number of fused-ring (bicyclic) bond motifs is 1. The summed E-state index contributed by atoms with van der Waals surface area (Å²) in [5.74, 6) is -0.981. The Bertz CT molecular complexity index is 1210. The summed E-state index contributed by atoms with van der Waals surface area (Å²) in [6.07, 6.45) is 1.98. The van der Waals surface area contributed by atoms with E-state index in [1.54, 1.807) is 50.3 Å². The molecule has 0 radical (unpaired) electrons. The van der Waals surface area contributed by atoms with Crippen LogP contribution in [0.5, 0.6) is 11.7 Å². The number of allylic oxidation sites excluding steroid dienone is 4. The molecular weight excluding hydrogens is 487 g/mol. The minimum atomic E-state index is -3.86. The van der Waals surface area contributed by atoms with Crippen molar-refractivity contribution >= 4 is 19.3 Å². The van der Waals surface area contributed by atoms with Crippen molar-refractivity contribution in [2.75, 3.05) is 19.9 Å². The van der Waals surface area contributed by atoms with Crippen molar-refractivity contribution in [1.29, 1.82) is 0 Å². The molecule has 1 heterocycles. The molecule has 3 atom stereocenters. The van der Waals surface area contributed by atoms with E-state index in [4.69, 9.17) is 22.9 Å². The molecule has 0 bridgehead atoms. The van der Waals surface area contributed by atoms with Crippen LogP contribution in [0.3, 0.4) is 0 Å². The number of carbonyl (C=O) groups is 2. The fraction of sp³-hybridized carbons (Fsp3) is 0.385. The third-order valence-electron chi connectivity index (χ3n) is 5.70. The number of ether oxygens (including phenoxy) is 2. The first-order chi connectivity index (χ1) is 17.1. The number of methoxy groups -OCH3 is 1. The van der Waals surface area contributed by atoms with Gasteiger partial charge in [0.25, 0.3) is 5.95 Å². The van der Waals surface area contributed by atoms with Crippen LogP contribution in [-0.2, 0) is 23.4 Å². The lowest BCUT2D eigenvalue weighted by molar-refractivity contribution is -0.150. The quantitative estimate of drug-likeness (QED) is 0.225. The third-order valence-corrected chi connectivity index (χ3v) is 7.71. The lowest BCUT2D eigenvalue weighted by Gasteiger charge is -2.24. The van der Waals surface area contributed by atoms with E-state index in [1.165, 1.54) is 20.3 Å². The topological polar surface area (TPSA) is 122 Å². The molecule has 0 spiro atoms. The molecule has 2 aromatic rings. The molecule has 0 saturated heterocycles. The first-order valence-electron chi connectivity index (χ1n) is 11.6. The van der Waals surface area contributed by atoms with Crippen LogP contribution in [0.1, 0.15) is 56.0 Å². The molecule has 1 aliphatic rings. The molecule has 0 amide bonds. The minimum absolute atomic E-state index is 0.119. The number of benzene rings is 1. The molecular formula is C26H31O9P. The van der Waals surface area contributed by atoms with Crippen LogP contribution in [0.2, 0.25) is 0 Å². The fourth-order valence-corrected chi connectivity index (χ4v) is 5.92. The molecule has 0 aliphatic heterocycles. The van der Waals surface area contributed by atoms with E-state index in [2.05, 4.69) is 0 Å². The van der Waals surface area contributed by atoms with E-state index in [9.17, 15) is 19.3 Å². The van der Waals surface area contributed by atoms with Crippen LogP contribution >= 0.6 is 7.60 Å².